The van der Waals surface area contributed by atoms with E-state index in [-0.39, 0.29) is 5.56 Å². The highest BCUT2D eigenvalue weighted by atomic mass is 19.1. The minimum absolute atomic E-state index is 0.118. The molecule has 3 nitrogen and oxygen atoms in total. The molecule has 0 aromatic heterocycles. The predicted molar refractivity (Wildman–Crippen MR) is 73.1 cm³/mol. The van der Waals surface area contributed by atoms with Crippen LogP contribution in [0.3, 0.4) is 0 Å². The van der Waals surface area contributed by atoms with Crippen molar-refractivity contribution in [2.45, 2.75) is 32.4 Å². The first-order valence-electron chi connectivity index (χ1n) is 6.88. The van der Waals surface area contributed by atoms with Gasteiger partial charge in [-0.25, -0.2) is 4.39 Å². The summed E-state index contributed by atoms with van der Waals surface area (Å²) in [5.41, 5.74) is 0.681. The Balaban J connectivity index is 1.78. The van der Waals surface area contributed by atoms with E-state index in [4.69, 9.17) is 5.26 Å². The average molecular weight is 261 g/mol. The Morgan fingerprint density at radius 1 is 1.47 bits per heavy atom. The van der Waals surface area contributed by atoms with Crippen molar-refractivity contribution in [2.24, 2.45) is 0 Å². The SMILES string of the molecule is CCN(CCNCc1cccc(C#N)c1F)C1CC1. The molecule has 1 aliphatic carbocycles. The quantitative estimate of drug-likeness (QED) is 0.765. The van der Waals surface area contributed by atoms with Gasteiger partial charge in [0.05, 0.1) is 5.56 Å². The Kier molecular flexibility index (Phi) is 4.89. The topological polar surface area (TPSA) is 39.1 Å². The van der Waals surface area contributed by atoms with Crippen LogP contribution in [0.15, 0.2) is 18.2 Å². The molecule has 0 saturated heterocycles. The fourth-order valence-corrected chi connectivity index (χ4v) is 2.29. The molecule has 0 bridgehead atoms. The van der Waals surface area contributed by atoms with Crippen LogP contribution in [-0.2, 0) is 6.54 Å². The molecule has 1 saturated carbocycles. The molecule has 0 spiro atoms. The fraction of sp³-hybridized carbons (Fsp3) is 0.533. The first-order chi connectivity index (χ1) is 9.26. The van der Waals surface area contributed by atoms with Crippen molar-refractivity contribution < 1.29 is 4.39 Å². The number of nitrogens with zero attached hydrogens (tertiary/aromatic N) is 2. The molecule has 1 aliphatic rings. The summed E-state index contributed by atoms with van der Waals surface area (Å²) in [6.07, 6.45) is 2.62. The highest BCUT2D eigenvalue weighted by molar-refractivity contribution is 5.34. The highest BCUT2D eigenvalue weighted by Crippen LogP contribution is 2.25. The average Bonchev–Trinajstić information content (AvgIpc) is 3.25. The van der Waals surface area contributed by atoms with Crippen molar-refractivity contribution >= 4 is 0 Å². The number of benzene rings is 1. The smallest absolute Gasteiger partial charge is 0.145 e. The maximum absolute atomic E-state index is 13.8. The lowest BCUT2D eigenvalue weighted by Gasteiger charge is -2.19. The van der Waals surface area contributed by atoms with Crippen molar-refractivity contribution in [3.63, 3.8) is 0 Å². The van der Waals surface area contributed by atoms with Crippen molar-refractivity contribution in [1.82, 2.24) is 10.2 Å². The first kappa shape index (κ1) is 14.0. The maximum atomic E-state index is 13.8. The third-order valence-corrected chi connectivity index (χ3v) is 3.56. The molecule has 4 heteroatoms. The van der Waals surface area contributed by atoms with E-state index in [0.717, 1.165) is 25.7 Å². The van der Waals surface area contributed by atoms with Gasteiger partial charge in [-0.3, -0.25) is 4.90 Å². The predicted octanol–water partition coefficient (Wildman–Crippen LogP) is 2.27. The molecule has 1 aromatic carbocycles. The number of nitriles is 1. The summed E-state index contributed by atoms with van der Waals surface area (Å²) in [5, 5.41) is 12.0. The van der Waals surface area contributed by atoms with Crippen LogP contribution < -0.4 is 5.32 Å². The van der Waals surface area contributed by atoms with Gasteiger partial charge in [-0.2, -0.15) is 5.26 Å². The van der Waals surface area contributed by atoms with Crippen LogP contribution in [0.25, 0.3) is 0 Å². The van der Waals surface area contributed by atoms with Crippen LogP contribution >= 0.6 is 0 Å². The molecule has 0 unspecified atom stereocenters. The standard InChI is InChI=1S/C15H20FN3/c1-2-19(14-6-7-14)9-8-18-11-13-5-3-4-12(10-17)15(13)16/h3-5,14,18H,2,6-9,11H2,1H3. The number of nitrogens with one attached hydrogen (secondary N) is 1. The third-order valence-electron chi connectivity index (χ3n) is 3.56. The van der Waals surface area contributed by atoms with Gasteiger partial charge in [-0.05, 0) is 25.5 Å². The molecule has 102 valence electrons. The van der Waals surface area contributed by atoms with Gasteiger partial charge in [0.25, 0.3) is 0 Å². The van der Waals surface area contributed by atoms with E-state index in [1.807, 2.05) is 6.07 Å². The maximum Gasteiger partial charge on any atom is 0.145 e. The van der Waals surface area contributed by atoms with Crippen molar-refractivity contribution in [3.8, 4) is 6.07 Å². The summed E-state index contributed by atoms with van der Waals surface area (Å²) in [5.74, 6) is -0.396. The Labute approximate surface area is 114 Å². The van der Waals surface area contributed by atoms with E-state index in [1.165, 1.54) is 18.9 Å². The van der Waals surface area contributed by atoms with E-state index in [9.17, 15) is 4.39 Å². The zero-order valence-corrected chi connectivity index (χ0v) is 11.3. The second-order valence-electron chi connectivity index (χ2n) is 4.93. The van der Waals surface area contributed by atoms with Crippen molar-refractivity contribution in [2.75, 3.05) is 19.6 Å². The Bertz CT molecular complexity index is 463. The number of hydrogen-bond donors (Lipinski definition) is 1. The van der Waals surface area contributed by atoms with Gasteiger partial charge in [-0.1, -0.05) is 19.1 Å². The molecular weight excluding hydrogens is 241 g/mol. The second-order valence-corrected chi connectivity index (χ2v) is 4.93. The summed E-state index contributed by atoms with van der Waals surface area (Å²) >= 11 is 0. The lowest BCUT2D eigenvalue weighted by molar-refractivity contribution is 0.276. The van der Waals surface area contributed by atoms with Gasteiger partial charge < -0.3 is 5.32 Å². The summed E-state index contributed by atoms with van der Waals surface area (Å²) in [6.45, 7) is 5.57. The summed E-state index contributed by atoms with van der Waals surface area (Å²) in [7, 11) is 0. The molecular formula is C15H20FN3. The number of halogens is 1. The number of likely N-dealkylation sites (N-methyl/N-ethyl adjacent to an activating group) is 1. The van der Waals surface area contributed by atoms with Gasteiger partial charge in [0.1, 0.15) is 11.9 Å². The van der Waals surface area contributed by atoms with E-state index < -0.39 is 5.82 Å². The molecule has 0 radical (unpaired) electrons. The molecule has 19 heavy (non-hydrogen) atoms. The van der Waals surface area contributed by atoms with E-state index in [0.29, 0.717) is 12.1 Å². The summed E-state index contributed by atoms with van der Waals surface area (Å²) in [6, 6.07) is 7.59. The molecule has 0 heterocycles. The zero-order chi connectivity index (χ0) is 13.7. The highest BCUT2D eigenvalue weighted by Gasteiger charge is 2.26. The van der Waals surface area contributed by atoms with E-state index in [1.54, 1.807) is 12.1 Å². The van der Waals surface area contributed by atoms with Crippen LogP contribution in [0.4, 0.5) is 4.39 Å². The molecule has 1 fully saturated rings. The van der Waals surface area contributed by atoms with Gasteiger partial charge in [0.2, 0.25) is 0 Å². The van der Waals surface area contributed by atoms with Crippen molar-refractivity contribution in [3.05, 3.63) is 35.1 Å². The number of hydrogen-bond acceptors (Lipinski definition) is 3. The molecule has 0 atom stereocenters. The fourth-order valence-electron chi connectivity index (χ4n) is 2.29. The summed E-state index contributed by atoms with van der Waals surface area (Å²) < 4.78 is 13.8. The van der Waals surface area contributed by atoms with Gasteiger partial charge in [0, 0.05) is 31.2 Å². The largest absolute Gasteiger partial charge is 0.311 e. The lowest BCUT2D eigenvalue weighted by Crippen LogP contribution is -2.33. The number of rotatable bonds is 7. The lowest BCUT2D eigenvalue weighted by atomic mass is 10.1. The minimum Gasteiger partial charge on any atom is -0.311 e. The van der Waals surface area contributed by atoms with Crippen LogP contribution in [0, 0.1) is 17.1 Å². The normalized spacial score (nSPS) is 14.6. The van der Waals surface area contributed by atoms with Gasteiger partial charge in [-0.15, -0.1) is 0 Å². The monoisotopic (exact) mass is 261 g/mol. The molecule has 0 aliphatic heterocycles. The van der Waals surface area contributed by atoms with Crippen LogP contribution in [0.1, 0.15) is 30.9 Å². The van der Waals surface area contributed by atoms with Gasteiger partial charge in [0.15, 0.2) is 0 Å². The van der Waals surface area contributed by atoms with Gasteiger partial charge >= 0.3 is 0 Å². The van der Waals surface area contributed by atoms with Crippen LogP contribution in [-0.4, -0.2) is 30.6 Å². The Morgan fingerprint density at radius 2 is 2.26 bits per heavy atom. The second kappa shape index (κ2) is 6.65. The Hall–Kier alpha value is -1.44. The molecule has 1 aromatic rings. The van der Waals surface area contributed by atoms with E-state index in [2.05, 4.69) is 17.1 Å². The van der Waals surface area contributed by atoms with Crippen LogP contribution in [0.2, 0.25) is 0 Å². The van der Waals surface area contributed by atoms with Crippen molar-refractivity contribution in [1.29, 1.82) is 5.26 Å². The zero-order valence-electron chi connectivity index (χ0n) is 11.3. The molecule has 0 amide bonds. The minimum atomic E-state index is -0.396. The summed E-state index contributed by atoms with van der Waals surface area (Å²) in [4.78, 5) is 2.45. The Morgan fingerprint density at radius 3 is 2.89 bits per heavy atom. The molecule has 1 N–H and O–H groups in total. The van der Waals surface area contributed by atoms with E-state index >= 15 is 0 Å². The van der Waals surface area contributed by atoms with Crippen LogP contribution in [0.5, 0.6) is 0 Å². The third kappa shape index (κ3) is 3.76. The molecule has 2 rings (SSSR count). The first-order valence-corrected chi connectivity index (χ1v) is 6.88.